The van der Waals surface area contributed by atoms with Gasteiger partial charge in [-0.2, -0.15) is 0 Å². The van der Waals surface area contributed by atoms with Crippen LogP contribution < -0.4 is 5.48 Å². The molecule has 12 heavy (non-hydrogen) atoms. The summed E-state index contributed by atoms with van der Waals surface area (Å²) in [7, 11) is 0. The lowest BCUT2D eigenvalue weighted by atomic mass is 10.1. The van der Waals surface area contributed by atoms with Gasteiger partial charge in [-0.15, -0.1) is 5.48 Å². The molecule has 0 heterocycles. The van der Waals surface area contributed by atoms with Gasteiger partial charge in [-0.05, 0) is 11.6 Å². The fourth-order valence-electron chi connectivity index (χ4n) is 0.617. The van der Waals surface area contributed by atoms with Gasteiger partial charge >= 0.3 is 0 Å². The molecule has 7 N–H and O–H groups in total. The summed E-state index contributed by atoms with van der Waals surface area (Å²) in [4.78, 5) is 0. The van der Waals surface area contributed by atoms with E-state index in [2.05, 4.69) is 0 Å². The fraction of sp³-hybridized carbons (Fsp3) is 1.00. The minimum Gasteiger partial charge on any atom is -0.366 e. The number of nitrogens with one attached hydrogen (secondary N) is 1. The van der Waals surface area contributed by atoms with Gasteiger partial charge in [-0.3, -0.25) is 10.4 Å². The number of nitrogens with zero attached hydrogens (tertiary/aromatic N) is 1. The van der Waals surface area contributed by atoms with Crippen molar-refractivity contribution in [1.29, 1.82) is 0 Å². The molecule has 0 aromatic rings. The maximum atomic E-state index is 9.13. The van der Waals surface area contributed by atoms with Crippen molar-refractivity contribution in [1.82, 2.24) is 10.7 Å². The van der Waals surface area contributed by atoms with Crippen LogP contribution in [0.5, 0.6) is 0 Å². The van der Waals surface area contributed by atoms with Gasteiger partial charge in [0, 0.05) is 0 Å². The highest BCUT2D eigenvalue weighted by atomic mass is 16.8. The van der Waals surface area contributed by atoms with Crippen LogP contribution in [0.15, 0.2) is 0 Å². The van der Waals surface area contributed by atoms with Crippen molar-refractivity contribution in [3.8, 4) is 0 Å². The summed E-state index contributed by atoms with van der Waals surface area (Å²) in [6.07, 6.45) is -0.458. The molecule has 0 aliphatic carbocycles. The summed E-state index contributed by atoms with van der Waals surface area (Å²) in [5.74, 6) is -3.24. The Morgan fingerprint density at radius 3 is 1.75 bits per heavy atom. The molecular weight excluding hydrogens is 172 g/mol. The SMILES string of the molecule is CCC(O)(N(O)O)C(O)(O)NO. The highest BCUT2D eigenvalue weighted by molar-refractivity contribution is 4.80. The molecule has 0 saturated carbocycles. The van der Waals surface area contributed by atoms with E-state index in [0.717, 1.165) is 5.48 Å². The summed E-state index contributed by atoms with van der Waals surface area (Å²) in [5.41, 5.74) is -1.90. The van der Waals surface area contributed by atoms with Crippen LogP contribution in [0, 0.1) is 0 Å². The number of hydrogen-bond acceptors (Lipinski definition) is 8. The van der Waals surface area contributed by atoms with Crippen LogP contribution in [-0.2, 0) is 0 Å². The molecule has 74 valence electrons. The molecule has 0 fully saturated rings. The Hall–Kier alpha value is -0.320. The molecule has 0 spiro atoms. The van der Waals surface area contributed by atoms with Crippen molar-refractivity contribution in [3.05, 3.63) is 0 Å². The van der Waals surface area contributed by atoms with Gasteiger partial charge in [0.15, 0.2) is 0 Å². The third-order valence-electron chi connectivity index (χ3n) is 1.54. The summed E-state index contributed by atoms with van der Waals surface area (Å²) < 4.78 is 0. The van der Waals surface area contributed by atoms with Crippen LogP contribution in [0.3, 0.4) is 0 Å². The zero-order valence-corrected chi connectivity index (χ0v) is 6.34. The fourth-order valence-corrected chi connectivity index (χ4v) is 0.617. The maximum Gasteiger partial charge on any atom is 0.294 e. The first kappa shape index (κ1) is 11.7. The van der Waals surface area contributed by atoms with Gasteiger partial charge in [0.05, 0.1) is 0 Å². The zero-order chi connectivity index (χ0) is 9.99. The van der Waals surface area contributed by atoms with Crippen LogP contribution >= 0.6 is 0 Å². The van der Waals surface area contributed by atoms with E-state index in [4.69, 9.17) is 30.9 Å². The largest absolute Gasteiger partial charge is 0.366 e. The second kappa shape index (κ2) is 3.60. The predicted octanol–water partition coefficient (Wildman–Crippen LogP) is -2.22. The van der Waals surface area contributed by atoms with Gasteiger partial charge in [0.1, 0.15) is 0 Å². The summed E-state index contributed by atoms with van der Waals surface area (Å²) >= 11 is 0. The van der Waals surface area contributed by atoms with Crippen LogP contribution in [0.1, 0.15) is 13.3 Å². The maximum absolute atomic E-state index is 9.13. The van der Waals surface area contributed by atoms with Gasteiger partial charge in [0.25, 0.3) is 5.91 Å². The quantitative estimate of drug-likeness (QED) is 0.193. The Morgan fingerprint density at radius 2 is 1.67 bits per heavy atom. The first-order valence-corrected chi connectivity index (χ1v) is 3.08. The Balaban J connectivity index is 4.74. The lowest BCUT2D eigenvalue weighted by Crippen LogP contribution is -2.68. The molecule has 0 aliphatic rings. The van der Waals surface area contributed by atoms with Crippen LogP contribution in [0.4, 0.5) is 0 Å². The molecule has 0 amide bonds. The van der Waals surface area contributed by atoms with Crippen LogP contribution in [0.25, 0.3) is 0 Å². The minimum absolute atomic E-state index is 0.458. The third-order valence-corrected chi connectivity index (χ3v) is 1.54. The average Bonchev–Trinajstić information content (AvgIpc) is 2.02. The Bertz CT molecular complexity index is 150. The Morgan fingerprint density at radius 1 is 1.25 bits per heavy atom. The van der Waals surface area contributed by atoms with E-state index < -0.39 is 23.3 Å². The van der Waals surface area contributed by atoms with Gasteiger partial charge in [-0.1, -0.05) is 6.92 Å². The Kier molecular flexibility index (Phi) is 3.50. The molecule has 0 aromatic carbocycles. The van der Waals surface area contributed by atoms with Gasteiger partial charge in [0.2, 0.25) is 5.72 Å². The first-order chi connectivity index (χ1) is 5.31. The van der Waals surface area contributed by atoms with Gasteiger partial charge in [-0.25, -0.2) is 0 Å². The van der Waals surface area contributed by atoms with Crippen molar-refractivity contribution in [3.63, 3.8) is 0 Å². The predicted molar refractivity (Wildman–Crippen MR) is 32.7 cm³/mol. The molecule has 8 nitrogen and oxygen atoms in total. The van der Waals surface area contributed by atoms with Crippen molar-refractivity contribution in [2.75, 3.05) is 0 Å². The zero-order valence-electron chi connectivity index (χ0n) is 6.34. The lowest BCUT2D eigenvalue weighted by Gasteiger charge is -2.38. The van der Waals surface area contributed by atoms with E-state index >= 15 is 0 Å². The van der Waals surface area contributed by atoms with Gasteiger partial charge < -0.3 is 20.5 Å². The number of rotatable bonds is 4. The number of aliphatic hydroxyl groups is 3. The van der Waals surface area contributed by atoms with Crippen molar-refractivity contribution in [2.24, 2.45) is 0 Å². The van der Waals surface area contributed by atoms with Crippen LogP contribution in [-0.4, -0.2) is 47.8 Å². The standard InChI is InChI=1S/C4H12N2O6/c1-2-3(7,6(11)12)4(8,9)5-10/h5,7-12H,2H2,1H3. The van der Waals surface area contributed by atoms with E-state index in [-0.39, 0.29) is 0 Å². The molecule has 0 saturated heterocycles. The minimum atomic E-state index is -3.24. The average molecular weight is 184 g/mol. The van der Waals surface area contributed by atoms with E-state index in [1.807, 2.05) is 0 Å². The van der Waals surface area contributed by atoms with Crippen LogP contribution in [0.2, 0.25) is 0 Å². The van der Waals surface area contributed by atoms with Crippen molar-refractivity contribution in [2.45, 2.75) is 25.0 Å². The highest BCUT2D eigenvalue weighted by Gasteiger charge is 2.52. The van der Waals surface area contributed by atoms with E-state index in [9.17, 15) is 0 Å². The second-order valence-electron chi connectivity index (χ2n) is 2.24. The molecule has 1 atom stereocenters. The summed E-state index contributed by atoms with van der Waals surface area (Å²) in [5, 5.41) is 50.9. The molecule has 0 bridgehead atoms. The molecule has 0 aliphatic heterocycles. The summed E-state index contributed by atoms with van der Waals surface area (Å²) in [6, 6.07) is 0. The molecular formula is C4H12N2O6. The second-order valence-corrected chi connectivity index (χ2v) is 2.24. The lowest BCUT2D eigenvalue weighted by molar-refractivity contribution is -0.490. The number of hydroxylamine groups is 3. The van der Waals surface area contributed by atoms with E-state index in [0.29, 0.717) is 0 Å². The summed E-state index contributed by atoms with van der Waals surface area (Å²) in [6.45, 7) is 1.23. The van der Waals surface area contributed by atoms with Crippen molar-refractivity contribution < 1.29 is 30.9 Å². The van der Waals surface area contributed by atoms with Crippen molar-refractivity contribution >= 4 is 0 Å². The molecule has 8 heteroatoms. The normalized spacial score (nSPS) is 18.0. The monoisotopic (exact) mass is 184 g/mol. The molecule has 0 radical (unpaired) electrons. The molecule has 0 aromatic heterocycles. The molecule has 0 rings (SSSR count). The van der Waals surface area contributed by atoms with E-state index in [1.165, 1.54) is 6.92 Å². The molecule has 1 unspecified atom stereocenters. The Labute approximate surface area is 67.8 Å². The number of hydrogen-bond donors (Lipinski definition) is 7. The first-order valence-electron chi connectivity index (χ1n) is 3.08. The smallest absolute Gasteiger partial charge is 0.294 e. The topological polar surface area (TPSA) is 137 Å². The van der Waals surface area contributed by atoms with E-state index in [1.54, 1.807) is 0 Å². The highest BCUT2D eigenvalue weighted by Crippen LogP contribution is 2.22. The third kappa shape index (κ3) is 1.71.